The lowest BCUT2D eigenvalue weighted by Crippen LogP contribution is -2.33. The Labute approximate surface area is 132 Å². The van der Waals surface area contributed by atoms with Crippen LogP contribution in [0.2, 0.25) is 0 Å². The summed E-state index contributed by atoms with van der Waals surface area (Å²) in [6.07, 6.45) is 1.19. The van der Waals surface area contributed by atoms with Crippen LogP contribution >= 0.6 is 0 Å². The number of nitrogens with one attached hydrogen (secondary N) is 2. The van der Waals surface area contributed by atoms with Crippen molar-refractivity contribution >= 4 is 22.8 Å². The fourth-order valence-corrected chi connectivity index (χ4v) is 2.43. The molecule has 2 rings (SSSR count). The lowest BCUT2D eigenvalue weighted by Gasteiger charge is -2.11. The Morgan fingerprint density at radius 2 is 2.17 bits per heavy atom. The van der Waals surface area contributed by atoms with E-state index in [4.69, 9.17) is 9.84 Å². The summed E-state index contributed by atoms with van der Waals surface area (Å²) in [4.78, 5) is 25.9. The van der Waals surface area contributed by atoms with Crippen molar-refractivity contribution in [1.82, 2.24) is 10.3 Å². The van der Waals surface area contributed by atoms with E-state index in [2.05, 4.69) is 10.3 Å². The molecular formula is C16H19FN2O4. The van der Waals surface area contributed by atoms with Gasteiger partial charge in [0.05, 0.1) is 18.5 Å². The van der Waals surface area contributed by atoms with Gasteiger partial charge in [-0.2, -0.15) is 0 Å². The van der Waals surface area contributed by atoms with E-state index in [1.807, 2.05) is 6.92 Å². The number of benzene rings is 1. The lowest BCUT2D eigenvalue weighted by atomic mass is 10.0. The number of H-pyrrole nitrogens is 1. The highest BCUT2D eigenvalue weighted by Gasteiger charge is 2.19. The number of amides is 1. The predicted molar refractivity (Wildman–Crippen MR) is 83.2 cm³/mol. The van der Waals surface area contributed by atoms with Crippen LogP contribution in [0.15, 0.2) is 18.2 Å². The highest BCUT2D eigenvalue weighted by Crippen LogP contribution is 2.28. The van der Waals surface area contributed by atoms with Gasteiger partial charge in [-0.3, -0.25) is 9.59 Å². The maximum Gasteiger partial charge on any atom is 0.308 e. The summed E-state index contributed by atoms with van der Waals surface area (Å²) < 4.78 is 18.9. The van der Waals surface area contributed by atoms with Crippen molar-refractivity contribution in [1.29, 1.82) is 0 Å². The fraction of sp³-hybridized carbons (Fsp3) is 0.375. The molecule has 0 fully saturated rings. The Morgan fingerprint density at radius 1 is 1.43 bits per heavy atom. The summed E-state index contributed by atoms with van der Waals surface area (Å²) in [7, 11) is 1.46. The maximum absolute atomic E-state index is 13.8. The molecule has 0 radical (unpaired) electrons. The summed E-state index contributed by atoms with van der Waals surface area (Å²) in [5.41, 5.74) is 0.335. The van der Waals surface area contributed by atoms with Crippen LogP contribution in [0.5, 0.6) is 5.75 Å². The minimum atomic E-state index is -0.948. The van der Waals surface area contributed by atoms with Crippen molar-refractivity contribution in [2.45, 2.75) is 19.8 Å². The largest absolute Gasteiger partial charge is 0.496 e. The molecule has 0 saturated carbocycles. The molecule has 124 valence electrons. The number of aromatic nitrogens is 1. The van der Waals surface area contributed by atoms with E-state index in [-0.39, 0.29) is 17.8 Å². The smallest absolute Gasteiger partial charge is 0.308 e. The summed E-state index contributed by atoms with van der Waals surface area (Å²) in [6.45, 7) is 1.90. The Bertz CT molecular complexity index is 726. The quantitative estimate of drug-likeness (QED) is 0.730. The zero-order chi connectivity index (χ0) is 17.0. The van der Waals surface area contributed by atoms with Crippen molar-refractivity contribution in [2.75, 3.05) is 13.7 Å². The first-order valence-corrected chi connectivity index (χ1v) is 7.34. The van der Waals surface area contributed by atoms with Crippen LogP contribution in [-0.4, -0.2) is 35.6 Å². The topological polar surface area (TPSA) is 91.4 Å². The minimum Gasteiger partial charge on any atom is -0.496 e. The maximum atomic E-state index is 13.8. The molecule has 1 heterocycles. The van der Waals surface area contributed by atoms with Crippen molar-refractivity contribution in [3.05, 3.63) is 29.7 Å². The van der Waals surface area contributed by atoms with Crippen LogP contribution in [0.1, 0.15) is 30.3 Å². The van der Waals surface area contributed by atoms with Gasteiger partial charge >= 0.3 is 5.97 Å². The van der Waals surface area contributed by atoms with Gasteiger partial charge in [-0.05, 0) is 24.6 Å². The van der Waals surface area contributed by atoms with E-state index in [0.717, 1.165) is 0 Å². The average Bonchev–Trinajstić information content (AvgIpc) is 2.97. The molecule has 0 aliphatic heterocycles. The molecule has 1 aromatic heterocycles. The molecule has 0 aliphatic rings. The van der Waals surface area contributed by atoms with E-state index < -0.39 is 23.6 Å². The average molecular weight is 322 g/mol. The van der Waals surface area contributed by atoms with Gasteiger partial charge in [0.25, 0.3) is 5.91 Å². The van der Waals surface area contributed by atoms with Gasteiger partial charge in [0.2, 0.25) is 0 Å². The van der Waals surface area contributed by atoms with Crippen LogP contribution in [0, 0.1) is 11.7 Å². The number of hydrogen-bond acceptors (Lipinski definition) is 3. The van der Waals surface area contributed by atoms with Crippen molar-refractivity contribution in [3.63, 3.8) is 0 Å². The number of carboxylic acid groups (broad SMARTS) is 1. The highest BCUT2D eigenvalue weighted by atomic mass is 19.1. The third kappa shape index (κ3) is 3.61. The molecular weight excluding hydrogens is 303 g/mol. The summed E-state index contributed by atoms with van der Waals surface area (Å²) in [5.74, 6) is -2.11. The van der Waals surface area contributed by atoms with E-state index in [1.54, 1.807) is 0 Å². The summed E-state index contributed by atoms with van der Waals surface area (Å²) in [5, 5.41) is 12.1. The Kier molecular flexibility index (Phi) is 5.20. The highest BCUT2D eigenvalue weighted by molar-refractivity contribution is 6.00. The molecule has 3 N–H and O–H groups in total. The van der Waals surface area contributed by atoms with Crippen molar-refractivity contribution in [2.24, 2.45) is 5.92 Å². The summed E-state index contributed by atoms with van der Waals surface area (Å²) >= 11 is 0. The first kappa shape index (κ1) is 16.8. The zero-order valence-electron chi connectivity index (χ0n) is 13.0. The molecule has 1 atom stereocenters. The van der Waals surface area contributed by atoms with Gasteiger partial charge in [0, 0.05) is 11.9 Å². The number of carbonyl (C=O) groups excluding carboxylic acids is 1. The number of ether oxygens (including phenoxy) is 1. The monoisotopic (exact) mass is 322 g/mol. The Hall–Kier alpha value is -2.57. The number of carboxylic acids is 1. The third-order valence-electron chi connectivity index (χ3n) is 3.66. The number of halogens is 1. The van der Waals surface area contributed by atoms with E-state index in [9.17, 15) is 14.0 Å². The van der Waals surface area contributed by atoms with Crippen molar-refractivity contribution < 1.29 is 23.8 Å². The SMILES string of the molecule is CCCC(CNC(=O)c1cc2c(OC)ccc(F)c2[nH]1)C(=O)O. The van der Waals surface area contributed by atoms with Crippen LogP contribution in [0.4, 0.5) is 4.39 Å². The molecule has 1 amide bonds. The number of rotatable bonds is 7. The van der Waals surface area contributed by atoms with Gasteiger partial charge in [-0.1, -0.05) is 13.3 Å². The van der Waals surface area contributed by atoms with Crippen molar-refractivity contribution in [3.8, 4) is 5.75 Å². The molecule has 0 aliphatic carbocycles. The van der Waals surface area contributed by atoms with Crippen LogP contribution < -0.4 is 10.1 Å². The van der Waals surface area contributed by atoms with Gasteiger partial charge in [-0.15, -0.1) is 0 Å². The van der Waals surface area contributed by atoms with Gasteiger partial charge in [-0.25, -0.2) is 4.39 Å². The second kappa shape index (κ2) is 7.13. The molecule has 0 bridgehead atoms. The summed E-state index contributed by atoms with van der Waals surface area (Å²) in [6, 6.07) is 4.22. The first-order chi connectivity index (χ1) is 11.0. The molecule has 7 heteroatoms. The zero-order valence-corrected chi connectivity index (χ0v) is 13.0. The third-order valence-corrected chi connectivity index (χ3v) is 3.66. The molecule has 1 unspecified atom stereocenters. The van der Waals surface area contributed by atoms with Gasteiger partial charge in [0.1, 0.15) is 17.3 Å². The van der Waals surface area contributed by atoms with Gasteiger partial charge in [0.15, 0.2) is 0 Å². The predicted octanol–water partition coefficient (Wildman–Crippen LogP) is 2.55. The number of aliphatic carboxylic acids is 1. The number of fused-ring (bicyclic) bond motifs is 1. The van der Waals surface area contributed by atoms with Gasteiger partial charge < -0.3 is 20.1 Å². The van der Waals surface area contributed by atoms with Crippen LogP contribution in [0.3, 0.4) is 0 Å². The molecule has 1 aromatic carbocycles. The number of hydrogen-bond donors (Lipinski definition) is 3. The van der Waals surface area contributed by atoms with Crippen LogP contribution in [-0.2, 0) is 4.79 Å². The fourth-order valence-electron chi connectivity index (χ4n) is 2.43. The number of aromatic amines is 1. The number of carbonyl (C=O) groups is 2. The normalized spacial score (nSPS) is 12.1. The molecule has 0 spiro atoms. The standard InChI is InChI=1S/C16H19FN2O4/c1-3-4-9(16(21)22)8-18-15(20)12-7-10-13(23-2)6-5-11(17)14(10)19-12/h5-7,9,19H,3-4,8H2,1-2H3,(H,18,20)(H,21,22). The molecule has 6 nitrogen and oxygen atoms in total. The second-order valence-corrected chi connectivity index (χ2v) is 5.26. The van der Waals surface area contributed by atoms with E-state index in [1.165, 1.54) is 25.3 Å². The molecule has 0 saturated heterocycles. The van der Waals surface area contributed by atoms with E-state index in [0.29, 0.717) is 24.0 Å². The minimum absolute atomic E-state index is 0.0248. The van der Waals surface area contributed by atoms with Crippen LogP contribution in [0.25, 0.3) is 10.9 Å². The van der Waals surface area contributed by atoms with E-state index >= 15 is 0 Å². The Balaban J connectivity index is 2.18. The molecule has 23 heavy (non-hydrogen) atoms. The lowest BCUT2D eigenvalue weighted by molar-refractivity contribution is -0.141. The first-order valence-electron chi connectivity index (χ1n) is 7.34. The molecule has 2 aromatic rings. The second-order valence-electron chi connectivity index (χ2n) is 5.26. The Morgan fingerprint density at radius 3 is 2.78 bits per heavy atom. The number of methoxy groups -OCH3 is 1.